The third-order valence-electron chi connectivity index (χ3n) is 11.3. The molecule has 4 N–H and O–H groups in total. The van der Waals surface area contributed by atoms with Gasteiger partial charge in [-0.2, -0.15) is 0 Å². The van der Waals surface area contributed by atoms with Crippen molar-refractivity contribution in [3.8, 4) is 28.1 Å². The number of imide groups is 1. The molecule has 2 amide bonds. The number of phenolic OH excluding ortho intramolecular Hbond substituents is 1. The summed E-state index contributed by atoms with van der Waals surface area (Å²) >= 11 is 0. The molecule has 1 atom stereocenters. The lowest BCUT2D eigenvalue weighted by atomic mass is 10.0. The maximum atomic E-state index is 12.9. The van der Waals surface area contributed by atoms with E-state index < -0.39 is 6.04 Å². The zero-order valence-corrected chi connectivity index (χ0v) is 31.2. The van der Waals surface area contributed by atoms with Gasteiger partial charge in [-0.3, -0.25) is 19.8 Å². The van der Waals surface area contributed by atoms with Gasteiger partial charge in [0.2, 0.25) is 11.8 Å². The van der Waals surface area contributed by atoms with Crippen molar-refractivity contribution in [1.82, 2.24) is 34.9 Å². The number of benzene rings is 3. The molecule has 3 aromatic carbocycles. The van der Waals surface area contributed by atoms with Crippen molar-refractivity contribution in [2.75, 3.05) is 38.5 Å². The minimum atomic E-state index is -0.436. The van der Waals surface area contributed by atoms with E-state index in [1.807, 2.05) is 28.8 Å². The average molecular weight is 737 g/mol. The Labute approximate surface area is 321 Å². The molecule has 0 aliphatic carbocycles. The van der Waals surface area contributed by atoms with Gasteiger partial charge in [0.15, 0.2) is 5.82 Å². The molecule has 11 nitrogen and oxygen atoms in total. The number of piperazine rings is 1. The normalized spacial score (nSPS) is 16.9. The number of pyridine rings is 1. The summed E-state index contributed by atoms with van der Waals surface area (Å²) < 4.78 is 2.04. The van der Waals surface area contributed by atoms with Gasteiger partial charge in [-0.1, -0.05) is 67.8 Å². The van der Waals surface area contributed by atoms with Gasteiger partial charge in [0.05, 0.1) is 11.2 Å². The van der Waals surface area contributed by atoms with E-state index in [9.17, 15) is 14.7 Å². The highest BCUT2D eigenvalue weighted by molar-refractivity contribution is 6.10. The van der Waals surface area contributed by atoms with Gasteiger partial charge in [0.1, 0.15) is 17.4 Å². The van der Waals surface area contributed by atoms with Crippen molar-refractivity contribution in [3.05, 3.63) is 102 Å². The highest BCUT2D eigenvalue weighted by Gasteiger charge is 2.31. The van der Waals surface area contributed by atoms with E-state index in [1.165, 1.54) is 42.2 Å². The van der Waals surface area contributed by atoms with Gasteiger partial charge in [-0.15, -0.1) is 10.2 Å². The van der Waals surface area contributed by atoms with E-state index in [2.05, 4.69) is 78.8 Å². The zero-order chi connectivity index (χ0) is 37.7. The molecule has 2 aliphatic heterocycles. The zero-order valence-electron chi connectivity index (χ0n) is 31.2. The van der Waals surface area contributed by atoms with Crippen molar-refractivity contribution in [1.29, 1.82) is 0 Å². The van der Waals surface area contributed by atoms with Crippen LogP contribution in [0.3, 0.4) is 0 Å². The Morgan fingerprint density at radius 3 is 2.40 bits per heavy atom. The van der Waals surface area contributed by atoms with Crippen molar-refractivity contribution in [2.24, 2.45) is 0 Å². The number of aromatic nitrogens is 4. The molecule has 11 heteroatoms. The SMILES string of the molecule is Nc1nnc(-c2ccccc2O)cc1-c1ccc(CN2CCN(CCCCCCCc3cccc4c3c3cccnc3n4C3CCC(=O)NC3=O)CC2)cc1. The minimum absolute atomic E-state index is 0.163. The molecule has 55 heavy (non-hydrogen) atoms. The van der Waals surface area contributed by atoms with E-state index in [4.69, 9.17) is 5.73 Å². The molecular formula is C44H48N8O3. The van der Waals surface area contributed by atoms with Gasteiger partial charge in [-0.05, 0) is 85.3 Å². The molecule has 2 fully saturated rings. The molecule has 0 bridgehead atoms. The number of carbonyl (C=O) groups is 2. The fourth-order valence-corrected chi connectivity index (χ4v) is 8.30. The van der Waals surface area contributed by atoms with Crippen LogP contribution in [0, 0.1) is 0 Å². The number of nitrogens with two attached hydrogens (primary N) is 1. The summed E-state index contributed by atoms with van der Waals surface area (Å²) in [6.07, 6.45) is 9.59. The number of hydrogen-bond donors (Lipinski definition) is 3. The predicted molar refractivity (Wildman–Crippen MR) is 216 cm³/mol. The fraction of sp³-hybridized carbons (Fsp3) is 0.341. The van der Waals surface area contributed by atoms with Crippen LogP contribution < -0.4 is 11.1 Å². The highest BCUT2D eigenvalue weighted by atomic mass is 16.3. The highest BCUT2D eigenvalue weighted by Crippen LogP contribution is 2.36. The van der Waals surface area contributed by atoms with Crippen molar-refractivity contribution >= 4 is 39.6 Å². The average Bonchev–Trinajstić information content (AvgIpc) is 3.54. The molecular weight excluding hydrogens is 689 g/mol. The number of nitrogen functional groups attached to an aromatic ring is 1. The van der Waals surface area contributed by atoms with Gasteiger partial charge < -0.3 is 20.3 Å². The van der Waals surface area contributed by atoms with Crippen LogP contribution in [0.2, 0.25) is 0 Å². The molecule has 3 aromatic heterocycles. The summed E-state index contributed by atoms with van der Waals surface area (Å²) in [5.74, 6) is 0.0758. The summed E-state index contributed by atoms with van der Waals surface area (Å²) in [5.41, 5.74) is 13.6. The summed E-state index contributed by atoms with van der Waals surface area (Å²) in [5, 5.41) is 23.4. The standard InChI is InChI=1S/C44H48N8O3/c45-42-35(28-36(48-49-42)33-12-5-6-15-39(33)53)31-18-16-30(17-19-31)29-51-26-24-50(25-27-51)23-7-3-1-2-4-10-32-11-8-14-37-41(32)34-13-9-22-46-43(34)52(37)38-20-21-40(54)47-44(38)55/h5-6,8-9,11-19,22,28,38,53H,1-4,7,10,20-21,23-27,29H2,(H2,45,49)(H,47,54,55). The summed E-state index contributed by atoms with van der Waals surface area (Å²) in [4.78, 5) is 34.5. The third-order valence-corrected chi connectivity index (χ3v) is 11.3. The number of phenols is 1. The largest absolute Gasteiger partial charge is 0.507 e. The lowest BCUT2D eigenvalue weighted by molar-refractivity contribution is -0.135. The van der Waals surface area contributed by atoms with E-state index in [1.54, 1.807) is 18.3 Å². The predicted octanol–water partition coefficient (Wildman–Crippen LogP) is 6.89. The lowest BCUT2D eigenvalue weighted by Gasteiger charge is -2.34. The molecule has 0 saturated carbocycles. The van der Waals surface area contributed by atoms with Crippen LogP contribution in [0.15, 0.2) is 91.1 Å². The topological polar surface area (TPSA) is 142 Å². The number of nitrogens with one attached hydrogen (secondary N) is 1. The first-order chi connectivity index (χ1) is 26.9. The van der Waals surface area contributed by atoms with Crippen LogP contribution in [-0.4, -0.2) is 79.2 Å². The van der Waals surface area contributed by atoms with Crippen LogP contribution in [0.1, 0.15) is 62.1 Å². The van der Waals surface area contributed by atoms with Gasteiger partial charge in [0.25, 0.3) is 0 Å². The number of anilines is 1. The van der Waals surface area contributed by atoms with Gasteiger partial charge in [0, 0.05) is 67.2 Å². The first-order valence-electron chi connectivity index (χ1n) is 19.6. The number of aromatic hydroxyl groups is 1. The van der Waals surface area contributed by atoms with Crippen molar-refractivity contribution in [3.63, 3.8) is 0 Å². The first kappa shape index (κ1) is 36.3. The van der Waals surface area contributed by atoms with Crippen molar-refractivity contribution < 1.29 is 14.7 Å². The Morgan fingerprint density at radius 1 is 0.800 bits per heavy atom. The number of unbranched alkanes of at least 4 members (excludes halogenated alkanes) is 4. The second kappa shape index (κ2) is 16.4. The van der Waals surface area contributed by atoms with Crippen molar-refractivity contribution in [2.45, 2.75) is 64.0 Å². The Morgan fingerprint density at radius 2 is 1.58 bits per heavy atom. The number of nitrogens with zero attached hydrogens (tertiary/aromatic N) is 6. The summed E-state index contributed by atoms with van der Waals surface area (Å²) in [6.45, 7) is 6.39. The molecule has 2 saturated heterocycles. The molecule has 1 unspecified atom stereocenters. The Hall–Kier alpha value is -5.65. The number of piperidine rings is 1. The Bertz CT molecular complexity index is 2310. The number of para-hydroxylation sites is 1. The molecule has 2 aliphatic rings. The number of aryl methyl sites for hydroxylation is 1. The van der Waals surface area contributed by atoms with E-state index >= 15 is 0 Å². The van der Waals surface area contributed by atoms with Crippen LogP contribution >= 0.6 is 0 Å². The van der Waals surface area contributed by atoms with Crippen LogP contribution in [0.5, 0.6) is 5.75 Å². The molecule has 8 rings (SSSR count). The Kier molecular flexibility index (Phi) is 10.8. The van der Waals surface area contributed by atoms with Crippen LogP contribution in [0.25, 0.3) is 44.3 Å². The number of hydrogen-bond acceptors (Lipinski definition) is 9. The fourth-order valence-electron chi connectivity index (χ4n) is 8.30. The van der Waals surface area contributed by atoms with Gasteiger partial charge >= 0.3 is 0 Å². The molecule has 0 spiro atoms. The third kappa shape index (κ3) is 7.94. The molecule has 282 valence electrons. The number of amides is 2. The second-order valence-electron chi connectivity index (χ2n) is 14.9. The van der Waals surface area contributed by atoms with E-state index in [0.717, 1.165) is 79.8 Å². The maximum Gasteiger partial charge on any atom is 0.249 e. The minimum Gasteiger partial charge on any atom is -0.507 e. The lowest BCUT2D eigenvalue weighted by Crippen LogP contribution is -2.46. The number of rotatable bonds is 13. The second-order valence-corrected chi connectivity index (χ2v) is 14.9. The molecule has 6 aromatic rings. The number of carbonyl (C=O) groups excluding carboxylic acids is 2. The first-order valence-corrected chi connectivity index (χ1v) is 19.6. The summed E-state index contributed by atoms with van der Waals surface area (Å²) in [7, 11) is 0. The van der Waals surface area contributed by atoms with Gasteiger partial charge in [-0.25, -0.2) is 4.98 Å². The van der Waals surface area contributed by atoms with E-state index in [0.29, 0.717) is 29.9 Å². The number of fused-ring (bicyclic) bond motifs is 3. The smallest absolute Gasteiger partial charge is 0.249 e. The monoisotopic (exact) mass is 736 g/mol. The maximum absolute atomic E-state index is 12.9. The molecule has 5 heterocycles. The Balaban J connectivity index is 0.774. The summed E-state index contributed by atoms with van der Waals surface area (Å²) in [6, 6.07) is 27.5. The van der Waals surface area contributed by atoms with E-state index in [-0.39, 0.29) is 17.6 Å². The van der Waals surface area contributed by atoms with Crippen LogP contribution in [0.4, 0.5) is 5.82 Å². The quantitative estimate of drug-likeness (QED) is 0.0854. The van der Waals surface area contributed by atoms with Crippen LogP contribution in [-0.2, 0) is 22.6 Å². The molecule has 0 radical (unpaired) electrons.